The van der Waals surface area contributed by atoms with Crippen molar-refractivity contribution in [3.8, 4) is 11.5 Å². The van der Waals surface area contributed by atoms with Crippen molar-refractivity contribution in [2.75, 3.05) is 24.7 Å². The molecule has 32 heavy (non-hydrogen) atoms. The van der Waals surface area contributed by atoms with Gasteiger partial charge in [0.2, 0.25) is 17.7 Å². The average Bonchev–Trinajstić information content (AvgIpc) is 3.21. The van der Waals surface area contributed by atoms with E-state index in [0.29, 0.717) is 30.4 Å². The van der Waals surface area contributed by atoms with E-state index in [2.05, 4.69) is 10.6 Å². The molecule has 3 amide bonds. The maximum atomic E-state index is 12.8. The summed E-state index contributed by atoms with van der Waals surface area (Å²) in [6, 6.07) is 14.0. The summed E-state index contributed by atoms with van der Waals surface area (Å²) >= 11 is 0. The summed E-state index contributed by atoms with van der Waals surface area (Å²) in [6.07, 6.45) is 0.0923. The molecule has 2 unspecified atom stereocenters. The molecule has 4 rings (SSSR count). The molecule has 0 radical (unpaired) electrons. The van der Waals surface area contributed by atoms with E-state index in [1.54, 1.807) is 30.0 Å². The van der Waals surface area contributed by atoms with Crippen molar-refractivity contribution in [3.05, 3.63) is 54.1 Å². The van der Waals surface area contributed by atoms with Crippen molar-refractivity contribution >= 4 is 23.4 Å². The highest BCUT2D eigenvalue weighted by molar-refractivity contribution is 6.01. The Morgan fingerprint density at radius 3 is 2.47 bits per heavy atom. The van der Waals surface area contributed by atoms with Gasteiger partial charge in [0.1, 0.15) is 19.3 Å². The van der Waals surface area contributed by atoms with Crippen molar-refractivity contribution in [2.24, 2.45) is 5.92 Å². The van der Waals surface area contributed by atoms with E-state index in [4.69, 9.17) is 9.47 Å². The summed E-state index contributed by atoms with van der Waals surface area (Å²) in [4.78, 5) is 39.4. The number of rotatable bonds is 6. The Hall–Kier alpha value is -3.55. The molecule has 3 atom stereocenters. The third-order valence-corrected chi connectivity index (χ3v) is 5.74. The van der Waals surface area contributed by atoms with Crippen molar-refractivity contribution < 1.29 is 23.9 Å². The second-order valence-corrected chi connectivity index (χ2v) is 8.10. The monoisotopic (exact) mass is 437 g/mol. The van der Waals surface area contributed by atoms with E-state index >= 15 is 0 Å². The second kappa shape index (κ2) is 9.30. The van der Waals surface area contributed by atoms with Crippen LogP contribution in [0.2, 0.25) is 0 Å². The summed E-state index contributed by atoms with van der Waals surface area (Å²) in [5, 5.41) is 5.65. The van der Waals surface area contributed by atoms with Gasteiger partial charge in [-0.05, 0) is 31.5 Å². The normalized spacial score (nSPS) is 19.2. The minimum absolute atomic E-state index is 0.0923. The van der Waals surface area contributed by atoms with Gasteiger partial charge in [-0.1, -0.05) is 30.3 Å². The van der Waals surface area contributed by atoms with Gasteiger partial charge in [-0.2, -0.15) is 0 Å². The average molecular weight is 437 g/mol. The minimum Gasteiger partial charge on any atom is -0.486 e. The van der Waals surface area contributed by atoms with Crippen molar-refractivity contribution in [1.82, 2.24) is 10.6 Å². The predicted octanol–water partition coefficient (Wildman–Crippen LogP) is 2.19. The summed E-state index contributed by atoms with van der Waals surface area (Å²) in [6.45, 7) is 4.73. The van der Waals surface area contributed by atoms with Gasteiger partial charge in [0, 0.05) is 24.7 Å². The molecule has 2 heterocycles. The number of hydrogen-bond acceptors (Lipinski definition) is 5. The van der Waals surface area contributed by atoms with E-state index in [1.807, 2.05) is 37.3 Å². The van der Waals surface area contributed by atoms with Crippen LogP contribution in [0.4, 0.5) is 5.69 Å². The summed E-state index contributed by atoms with van der Waals surface area (Å²) in [5.74, 6) is -0.0250. The molecule has 168 valence electrons. The number of benzene rings is 2. The smallest absolute Gasteiger partial charge is 0.242 e. The van der Waals surface area contributed by atoms with Gasteiger partial charge in [0.05, 0.1) is 12.0 Å². The third-order valence-electron chi connectivity index (χ3n) is 5.74. The summed E-state index contributed by atoms with van der Waals surface area (Å²) < 4.78 is 11.1. The van der Waals surface area contributed by atoms with E-state index in [-0.39, 0.29) is 36.7 Å². The Bertz CT molecular complexity index is 1010. The van der Waals surface area contributed by atoms with Crippen LogP contribution in [0, 0.1) is 5.92 Å². The van der Waals surface area contributed by atoms with Crippen molar-refractivity contribution in [1.29, 1.82) is 0 Å². The van der Waals surface area contributed by atoms with Crippen LogP contribution in [-0.2, 0) is 14.4 Å². The van der Waals surface area contributed by atoms with Crippen LogP contribution in [0.25, 0.3) is 0 Å². The predicted molar refractivity (Wildman–Crippen MR) is 118 cm³/mol. The number of nitrogens with zero attached hydrogens (tertiary/aromatic N) is 1. The van der Waals surface area contributed by atoms with Gasteiger partial charge in [0.15, 0.2) is 11.5 Å². The lowest BCUT2D eigenvalue weighted by Gasteiger charge is -2.22. The van der Waals surface area contributed by atoms with Gasteiger partial charge in [-0.25, -0.2) is 0 Å². The largest absolute Gasteiger partial charge is 0.486 e. The molecule has 0 spiro atoms. The lowest BCUT2D eigenvalue weighted by atomic mass is 10.1. The maximum Gasteiger partial charge on any atom is 0.242 e. The van der Waals surface area contributed by atoms with E-state index < -0.39 is 12.0 Å². The van der Waals surface area contributed by atoms with E-state index in [9.17, 15) is 14.4 Å². The molecule has 2 aliphatic heterocycles. The van der Waals surface area contributed by atoms with Crippen LogP contribution in [0.5, 0.6) is 11.5 Å². The highest BCUT2D eigenvalue weighted by Crippen LogP contribution is 2.36. The molecule has 1 fully saturated rings. The first kappa shape index (κ1) is 21.7. The number of carbonyl (C=O) groups is 3. The molecule has 2 aliphatic rings. The SMILES string of the molecule is CC(NC(=O)[C@H](C)NC(=O)C1CC(=O)N(c2ccc3c(c2)OCCO3)C1)c1ccccc1. The quantitative estimate of drug-likeness (QED) is 0.722. The zero-order valence-corrected chi connectivity index (χ0v) is 18.2. The molecule has 2 aromatic rings. The third kappa shape index (κ3) is 4.69. The molecule has 0 aromatic heterocycles. The zero-order valence-electron chi connectivity index (χ0n) is 18.2. The fourth-order valence-electron chi connectivity index (χ4n) is 3.89. The van der Waals surface area contributed by atoms with Crippen LogP contribution >= 0.6 is 0 Å². The lowest BCUT2D eigenvalue weighted by Crippen LogP contribution is -2.47. The van der Waals surface area contributed by atoms with Crippen LogP contribution in [0.1, 0.15) is 31.9 Å². The van der Waals surface area contributed by atoms with Gasteiger partial charge in [-0.3, -0.25) is 14.4 Å². The molecular formula is C24H27N3O5. The Balaban J connectivity index is 1.34. The minimum atomic E-state index is -0.716. The Morgan fingerprint density at radius 2 is 1.72 bits per heavy atom. The molecule has 1 saturated heterocycles. The second-order valence-electron chi connectivity index (χ2n) is 8.10. The van der Waals surface area contributed by atoms with Crippen molar-refractivity contribution in [3.63, 3.8) is 0 Å². The van der Waals surface area contributed by atoms with Gasteiger partial charge in [0.25, 0.3) is 0 Å². The van der Waals surface area contributed by atoms with Crippen LogP contribution in [-0.4, -0.2) is 43.5 Å². The number of nitrogens with one attached hydrogen (secondary N) is 2. The van der Waals surface area contributed by atoms with E-state index in [0.717, 1.165) is 5.56 Å². The van der Waals surface area contributed by atoms with Gasteiger partial charge >= 0.3 is 0 Å². The molecule has 8 nitrogen and oxygen atoms in total. The topological polar surface area (TPSA) is 97.0 Å². The fraction of sp³-hybridized carbons (Fsp3) is 0.375. The van der Waals surface area contributed by atoms with Crippen molar-refractivity contribution in [2.45, 2.75) is 32.4 Å². The molecule has 2 N–H and O–H groups in total. The maximum absolute atomic E-state index is 12.8. The number of amides is 3. The molecule has 2 aromatic carbocycles. The summed E-state index contributed by atoms with van der Waals surface area (Å²) in [5.41, 5.74) is 1.65. The molecule has 0 aliphatic carbocycles. The van der Waals surface area contributed by atoms with E-state index in [1.165, 1.54) is 0 Å². The Labute approximate surface area is 186 Å². The van der Waals surface area contributed by atoms with Gasteiger partial charge in [-0.15, -0.1) is 0 Å². The highest BCUT2D eigenvalue weighted by Gasteiger charge is 2.36. The van der Waals surface area contributed by atoms with Gasteiger partial charge < -0.3 is 25.0 Å². The number of anilines is 1. The summed E-state index contributed by atoms with van der Waals surface area (Å²) in [7, 11) is 0. The molecule has 0 saturated carbocycles. The number of ether oxygens (including phenoxy) is 2. The Kier molecular flexibility index (Phi) is 6.30. The first-order chi connectivity index (χ1) is 15.4. The molecular weight excluding hydrogens is 410 g/mol. The standard InChI is InChI=1S/C24H27N3O5/c1-15(17-6-4-3-5-7-17)25-23(29)16(2)26-24(30)18-12-22(28)27(14-18)19-8-9-20-21(13-19)32-11-10-31-20/h3-9,13,15-16,18H,10-12,14H2,1-2H3,(H,25,29)(H,26,30)/t15?,16-,18?/m0/s1. The number of fused-ring (bicyclic) bond motifs is 1. The fourth-order valence-corrected chi connectivity index (χ4v) is 3.89. The highest BCUT2D eigenvalue weighted by atomic mass is 16.6. The van der Waals surface area contributed by atoms with Crippen LogP contribution < -0.4 is 25.0 Å². The number of carbonyl (C=O) groups excluding carboxylic acids is 3. The molecule has 0 bridgehead atoms. The van der Waals surface area contributed by atoms with Crippen LogP contribution in [0.15, 0.2) is 48.5 Å². The Morgan fingerprint density at radius 1 is 1.00 bits per heavy atom. The first-order valence-corrected chi connectivity index (χ1v) is 10.8. The first-order valence-electron chi connectivity index (χ1n) is 10.8. The van der Waals surface area contributed by atoms with Crippen LogP contribution in [0.3, 0.4) is 0 Å². The number of hydrogen-bond donors (Lipinski definition) is 2. The molecule has 8 heteroatoms. The zero-order chi connectivity index (χ0) is 22.7. The lowest BCUT2D eigenvalue weighted by molar-refractivity contribution is -0.131.